The molecule has 6 nitrogen and oxygen atoms in total. The molecule has 0 fully saturated rings. The molecule has 4 rings (SSSR count). The van der Waals surface area contributed by atoms with Crippen LogP contribution in [-0.2, 0) is 17.3 Å². The second kappa shape index (κ2) is 5.83. The van der Waals surface area contributed by atoms with E-state index in [9.17, 15) is 4.79 Å². The highest BCUT2D eigenvalue weighted by Crippen LogP contribution is 2.42. The van der Waals surface area contributed by atoms with Gasteiger partial charge in [0.1, 0.15) is 5.82 Å². The molecule has 2 aromatic heterocycles. The lowest BCUT2D eigenvalue weighted by Crippen LogP contribution is -2.26. The molecule has 0 saturated carbocycles. The minimum Gasteiger partial charge on any atom is -0.311 e. The molecule has 0 saturated heterocycles. The van der Waals surface area contributed by atoms with Crippen LogP contribution in [0, 0.1) is 0 Å². The van der Waals surface area contributed by atoms with Crippen molar-refractivity contribution in [1.82, 2.24) is 19.6 Å². The predicted molar refractivity (Wildman–Crippen MR) is 101 cm³/mol. The number of nitrogens with one attached hydrogen (secondary N) is 1. The van der Waals surface area contributed by atoms with Crippen molar-refractivity contribution in [1.29, 1.82) is 0 Å². The molecule has 6 heteroatoms. The summed E-state index contributed by atoms with van der Waals surface area (Å²) in [5.74, 6) is 0.850. The van der Waals surface area contributed by atoms with Gasteiger partial charge in [0.25, 0.3) is 0 Å². The first-order valence-electron chi connectivity index (χ1n) is 8.82. The third kappa shape index (κ3) is 2.71. The first-order valence-corrected chi connectivity index (χ1v) is 8.82. The summed E-state index contributed by atoms with van der Waals surface area (Å²) in [5, 5.41) is 12.0. The highest BCUT2D eigenvalue weighted by Gasteiger charge is 2.36. The number of fused-ring (bicyclic) bond motifs is 1. The maximum atomic E-state index is 12.3. The third-order valence-electron chi connectivity index (χ3n) is 4.85. The fraction of sp³-hybridized carbons (Fsp3) is 0.350. The minimum atomic E-state index is -0.0966. The molecule has 134 valence electrons. The van der Waals surface area contributed by atoms with Gasteiger partial charge in [-0.15, -0.1) is 0 Å². The summed E-state index contributed by atoms with van der Waals surface area (Å²) in [6.45, 7) is 6.47. The number of aryl methyl sites for hydroxylation is 1. The highest BCUT2D eigenvalue weighted by molar-refractivity contribution is 5.94. The minimum absolute atomic E-state index is 0.00773. The summed E-state index contributed by atoms with van der Waals surface area (Å²) in [4.78, 5) is 12.3. The second-order valence-corrected chi connectivity index (χ2v) is 7.83. The first kappa shape index (κ1) is 16.6. The Morgan fingerprint density at radius 3 is 2.54 bits per heavy atom. The van der Waals surface area contributed by atoms with Crippen LogP contribution in [-0.4, -0.2) is 25.5 Å². The van der Waals surface area contributed by atoms with Crippen molar-refractivity contribution in [3.8, 4) is 5.69 Å². The fourth-order valence-corrected chi connectivity index (χ4v) is 3.61. The normalized spacial score (nSPS) is 17.1. The summed E-state index contributed by atoms with van der Waals surface area (Å²) < 4.78 is 3.62. The molecule has 0 radical (unpaired) electrons. The van der Waals surface area contributed by atoms with E-state index in [-0.39, 0.29) is 17.2 Å². The quantitative estimate of drug-likeness (QED) is 0.771. The summed E-state index contributed by atoms with van der Waals surface area (Å²) in [6.07, 6.45) is 4.11. The molecule has 3 aromatic rings. The van der Waals surface area contributed by atoms with Crippen molar-refractivity contribution < 1.29 is 4.79 Å². The Bertz CT molecular complexity index is 946. The number of hydrogen-bond donors (Lipinski definition) is 1. The van der Waals surface area contributed by atoms with Crippen LogP contribution in [0.1, 0.15) is 49.9 Å². The molecule has 1 N–H and O–H groups in total. The lowest BCUT2D eigenvalue weighted by molar-refractivity contribution is -0.116. The maximum Gasteiger partial charge on any atom is 0.226 e. The lowest BCUT2D eigenvalue weighted by atomic mass is 9.79. The Morgan fingerprint density at radius 2 is 1.92 bits per heavy atom. The molecule has 1 aliphatic heterocycles. The van der Waals surface area contributed by atoms with Crippen molar-refractivity contribution in [2.75, 3.05) is 5.32 Å². The van der Waals surface area contributed by atoms with Crippen LogP contribution in [0.15, 0.2) is 42.7 Å². The van der Waals surface area contributed by atoms with Crippen LogP contribution >= 0.6 is 0 Å². The van der Waals surface area contributed by atoms with Gasteiger partial charge in [-0.2, -0.15) is 10.2 Å². The SMILES string of the molecule is Cn1nc(C(C)(C)C)c2c1NC(=O)CC2c1ccc(-n2cccn2)cc1. The molecular weight excluding hydrogens is 326 g/mol. The van der Waals surface area contributed by atoms with Gasteiger partial charge in [0, 0.05) is 42.8 Å². The lowest BCUT2D eigenvalue weighted by Gasteiger charge is -2.27. The summed E-state index contributed by atoms with van der Waals surface area (Å²) in [5.41, 5.74) is 4.19. The van der Waals surface area contributed by atoms with E-state index in [1.54, 1.807) is 10.9 Å². The van der Waals surface area contributed by atoms with E-state index in [1.165, 1.54) is 0 Å². The molecule has 0 spiro atoms. The van der Waals surface area contributed by atoms with Crippen LogP contribution in [0.5, 0.6) is 0 Å². The van der Waals surface area contributed by atoms with Gasteiger partial charge in [-0.25, -0.2) is 4.68 Å². The molecule has 1 unspecified atom stereocenters. The first-order chi connectivity index (χ1) is 12.3. The van der Waals surface area contributed by atoms with Crippen LogP contribution in [0.25, 0.3) is 5.69 Å². The van der Waals surface area contributed by atoms with Crippen LogP contribution < -0.4 is 5.32 Å². The van der Waals surface area contributed by atoms with E-state index in [0.29, 0.717) is 6.42 Å². The zero-order valence-corrected chi connectivity index (χ0v) is 15.5. The molecule has 0 bridgehead atoms. The topological polar surface area (TPSA) is 64.7 Å². The molecule has 1 aliphatic rings. The van der Waals surface area contributed by atoms with Gasteiger partial charge < -0.3 is 5.32 Å². The Hall–Kier alpha value is -2.89. The van der Waals surface area contributed by atoms with Gasteiger partial charge in [0.15, 0.2) is 0 Å². The van der Waals surface area contributed by atoms with Gasteiger partial charge >= 0.3 is 0 Å². The smallest absolute Gasteiger partial charge is 0.226 e. The third-order valence-corrected chi connectivity index (χ3v) is 4.85. The van der Waals surface area contributed by atoms with Gasteiger partial charge in [-0.1, -0.05) is 32.9 Å². The molecule has 26 heavy (non-hydrogen) atoms. The zero-order chi connectivity index (χ0) is 18.5. The average molecular weight is 349 g/mol. The van der Waals surface area contributed by atoms with Gasteiger partial charge in [0.2, 0.25) is 5.91 Å². The number of hydrogen-bond acceptors (Lipinski definition) is 3. The van der Waals surface area contributed by atoms with Crippen molar-refractivity contribution >= 4 is 11.7 Å². The second-order valence-electron chi connectivity index (χ2n) is 7.83. The van der Waals surface area contributed by atoms with E-state index in [4.69, 9.17) is 5.10 Å². The van der Waals surface area contributed by atoms with E-state index in [0.717, 1.165) is 28.3 Å². The monoisotopic (exact) mass is 349 g/mol. The predicted octanol–water partition coefficient (Wildman–Crippen LogP) is 3.38. The standard InChI is InChI=1S/C20H23N5O/c1-20(2,3)18-17-15(12-16(26)22-19(17)24(4)23-18)13-6-8-14(9-7-13)25-11-5-10-21-25/h5-11,15H,12H2,1-4H3,(H,22,26). The molecule has 3 heterocycles. The van der Waals surface area contributed by atoms with E-state index in [2.05, 4.69) is 43.3 Å². The number of rotatable bonds is 2. The van der Waals surface area contributed by atoms with Crippen LogP contribution in [0.3, 0.4) is 0 Å². The number of aromatic nitrogens is 4. The van der Waals surface area contributed by atoms with Crippen molar-refractivity contribution in [3.63, 3.8) is 0 Å². The van der Waals surface area contributed by atoms with Crippen LogP contribution in [0.4, 0.5) is 5.82 Å². The van der Waals surface area contributed by atoms with Gasteiger partial charge in [0.05, 0.1) is 11.4 Å². The number of nitrogens with zero attached hydrogens (tertiary/aromatic N) is 4. The van der Waals surface area contributed by atoms with Crippen molar-refractivity contribution in [3.05, 3.63) is 59.5 Å². The number of benzene rings is 1. The van der Waals surface area contributed by atoms with Crippen molar-refractivity contribution in [2.45, 2.75) is 38.5 Å². The van der Waals surface area contributed by atoms with Gasteiger partial charge in [-0.05, 0) is 23.8 Å². The van der Waals surface area contributed by atoms with E-state index in [1.807, 2.05) is 36.1 Å². The molecule has 1 amide bonds. The maximum absolute atomic E-state index is 12.3. The zero-order valence-electron chi connectivity index (χ0n) is 15.5. The Kier molecular flexibility index (Phi) is 3.72. The summed E-state index contributed by atoms with van der Waals surface area (Å²) in [7, 11) is 1.89. The number of amides is 1. The van der Waals surface area contributed by atoms with Gasteiger partial charge in [-0.3, -0.25) is 9.48 Å². The van der Waals surface area contributed by atoms with Crippen molar-refractivity contribution in [2.24, 2.45) is 7.05 Å². The largest absolute Gasteiger partial charge is 0.311 e. The number of anilines is 1. The average Bonchev–Trinajstić information content (AvgIpc) is 3.23. The van der Waals surface area contributed by atoms with E-state index < -0.39 is 0 Å². The molecular formula is C20H23N5O. The fourth-order valence-electron chi connectivity index (χ4n) is 3.61. The van der Waals surface area contributed by atoms with Crippen LogP contribution in [0.2, 0.25) is 0 Å². The number of carbonyl (C=O) groups excluding carboxylic acids is 1. The number of carbonyl (C=O) groups is 1. The summed E-state index contributed by atoms with van der Waals surface area (Å²) in [6, 6.07) is 10.2. The Balaban J connectivity index is 1.80. The van der Waals surface area contributed by atoms with E-state index >= 15 is 0 Å². The summed E-state index contributed by atoms with van der Waals surface area (Å²) >= 11 is 0. The molecule has 0 aliphatic carbocycles. The Morgan fingerprint density at radius 1 is 1.19 bits per heavy atom. The molecule has 1 aromatic carbocycles. The Labute approximate surface area is 152 Å². The highest BCUT2D eigenvalue weighted by atomic mass is 16.1. The molecule has 1 atom stereocenters.